The fourth-order valence-corrected chi connectivity index (χ4v) is 5.52. The van der Waals surface area contributed by atoms with Crippen molar-refractivity contribution >= 4 is 12.0 Å². The number of piperidine rings is 2. The van der Waals surface area contributed by atoms with Crippen molar-refractivity contribution in [3.05, 3.63) is 47.5 Å². The maximum atomic E-state index is 12.5. The van der Waals surface area contributed by atoms with Gasteiger partial charge in [-0.05, 0) is 66.4 Å². The Hall–Kier alpha value is -2.99. The van der Waals surface area contributed by atoms with Crippen LogP contribution in [0.3, 0.4) is 0 Å². The Morgan fingerprint density at radius 1 is 1.00 bits per heavy atom. The van der Waals surface area contributed by atoms with Gasteiger partial charge in [-0.25, -0.2) is 4.79 Å². The van der Waals surface area contributed by atoms with Crippen LogP contribution in [0, 0.1) is 0 Å². The number of carbonyl (C=O) groups excluding carboxylic acids is 1. The smallest absolute Gasteiger partial charge is 0.331 e. The summed E-state index contributed by atoms with van der Waals surface area (Å²) in [6.07, 6.45) is 8.08. The van der Waals surface area contributed by atoms with Crippen LogP contribution in [0.2, 0.25) is 0 Å². The fourth-order valence-electron chi connectivity index (χ4n) is 5.52. The molecule has 0 aliphatic carbocycles. The molecule has 0 saturated carbocycles. The van der Waals surface area contributed by atoms with Gasteiger partial charge in [0.2, 0.25) is 0 Å². The molecule has 0 amide bonds. The third kappa shape index (κ3) is 3.73. The van der Waals surface area contributed by atoms with Crippen molar-refractivity contribution in [2.24, 2.45) is 0 Å². The third-order valence-corrected chi connectivity index (χ3v) is 7.01. The van der Waals surface area contributed by atoms with Crippen molar-refractivity contribution in [1.82, 2.24) is 4.90 Å². The van der Waals surface area contributed by atoms with E-state index in [9.17, 15) is 9.90 Å². The Bertz CT molecular complexity index is 1060. The number of methoxy groups -OCH3 is 2. The second kappa shape index (κ2) is 8.51. The van der Waals surface area contributed by atoms with E-state index in [1.807, 2.05) is 18.2 Å². The second-order valence-electron chi connectivity index (χ2n) is 8.84. The van der Waals surface area contributed by atoms with E-state index in [4.69, 9.17) is 14.2 Å². The lowest BCUT2D eigenvalue weighted by atomic mass is 9.81. The molecule has 1 N–H and O–H groups in total. The molecule has 32 heavy (non-hydrogen) atoms. The topological polar surface area (TPSA) is 68.2 Å². The van der Waals surface area contributed by atoms with Gasteiger partial charge in [-0.3, -0.25) is 4.90 Å². The lowest BCUT2D eigenvalue weighted by Gasteiger charge is -2.48. The third-order valence-electron chi connectivity index (χ3n) is 7.01. The second-order valence-corrected chi connectivity index (χ2v) is 8.84. The first-order valence-corrected chi connectivity index (χ1v) is 11.3. The molecular weight excluding hydrogens is 406 g/mol. The number of phenolic OH excluding ortho intramolecular Hbond substituents is 1. The summed E-state index contributed by atoms with van der Waals surface area (Å²) < 4.78 is 17.2. The SMILES string of the molecule is COc1cc2c(cc1OC)[C@@H]1C[C@H](C[C@@H]3CCCCN31)OC(=O)C=Cc1ccc(O)c-2c1. The fraction of sp³-hybridized carbons (Fsp3) is 0.423. The average molecular weight is 436 g/mol. The summed E-state index contributed by atoms with van der Waals surface area (Å²) in [6.45, 7) is 1.01. The number of benzene rings is 2. The van der Waals surface area contributed by atoms with Crippen LogP contribution in [0.25, 0.3) is 17.2 Å². The maximum absolute atomic E-state index is 12.5. The zero-order chi connectivity index (χ0) is 22.2. The molecule has 6 nitrogen and oxygen atoms in total. The van der Waals surface area contributed by atoms with Crippen molar-refractivity contribution in [3.8, 4) is 28.4 Å². The molecular formula is C26H29NO5. The van der Waals surface area contributed by atoms with Crippen LogP contribution in [-0.4, -0.2) is 48.9 Å². The van der Waals surface area contributed by atoms with E-state index in [1.54, 1.807) is 32.4 Å². The van der Waals surface area contributed by atoms with Crippen molar-refractivity contribution in [2.75, 3.05) is 20.8 Å². The predicted molar refractivity (Wildman–Crippen MR) is 122 cm³/mol. The molecule has 5 rings (SSSR count). The van der Waals surface area contributed by atoms with E-state index < -0.39 is 0 Å². The minimum absolute atomic E-state index is 0.0492. The van der Waals surface area contributed by atoms with Crippen LogP contribution in [0.1, 0.15) is 49.3 Å². The van der Waals surface area contributed by atoms with Gasteiger partial charge in [-0.1, -0.05) is 12.5 Å². The number of nitrogens with zero attached hydrogens (tertiary/aromatic N) is 1. The van der Waals surface area contributed by atoms with E-state index in [0.717, 1.165) is 42.5 Å². The lowest BCUT2D eigenvalue weighted by molar-refractivity contribution is -0.148. The molecule has 2 aromatic rings. The summed E-state index contributed by atoms with van der Waals surface area (Å²) in [7, 11) is 3.26. The van der Waals surface area contributed by atoms with Gasteiger partial charge in [0.25, 0.3) is 0 Å². The molecule has 3 heterocycles. The standard InChI is InChI=1S/C26H29NO5/c1-30-24-14-19-20(15-25(24)31-2)22-13-18(12-17-5-3-4-10-27(17)22)32-26(29)9-7-16-6-8-23(28)21(19)11-16/h6-9,11,14-15,17-18,22,28H,3-5,10,12-13H2,1-2H3/t17-,18-,22-/m0/s1. The summed E-state index contributed by atoms with van der Waals surface area (Å²) in [5.74, 6) is 1.15. The van der Waals surface area contributed by atoms with Crippen molar-refractivity contribution in [2.45, 2.75) is 50.3 Å². The number of carbonyl (C=O) groups is 1. The minimum atomic E-state index is -0.319. The van der Waals surface area contributed by atoms with Crippen LogP contribution in [-0.2, 0) is 9.53 Å². The van der Waals surface area contributed by atoms with Gasteiger partial charge in [-0.2, -0.15) is 0 Å². The molecule has 6 heteroatoms. The Labute approximate surface area is 188 Å². The van der Waals surface area contributed by atoms with Crippen LogP contribution in [0.4, 0.5) is 0 Å². The van der Waals surface area contributed by atoms with Gasteiger partial charge < -0.3 is 19.3 Å². The molecule has 168 valence electrons. The van der Waals surface area contributed by atoms with Gasteiger partial charge in [0, 0.05) is 36.6 Å². The number of phenols is 1. The first-order valence-electron chi connectivity index (χ1n) is 11.3. The Balaban J connectivity index is 1.76. The Kier molecular flexibility index (Phi) is 5.55. The largest absolute Gasteiger partial charge is 0.507 e. The molecule has 3 aliphatic heterocycles. The molecule has 2 fully saturated rings. The zero-order valence-electron chi connectivity index (χ0n) is 18.5. The first kappa shape index (κ1) is 20.9. The van der Waals surface area contributed by atoms with Gasteiger partial charge in [-0.15, -0.1) is 0 Å². The zero-order valence-corrected chi connectivity index (χ0v) is 18.5. The summed E-state index contributed by atoms with van der Waals surface area (Å²) in [4.78, 5) is 15.1. The molecule has 0 unspecified atom stereocenters. The summed E-state index contributed by atoms with van der Waals surface area (Å²) in [5, 5.41) is 10.8. The molecule has 4 bridgehead atoms. The van der Waals surface area contributed by atoms with Gasteiger partial charge in [0.15, 0.2) is 11.5 Å². The van der Waals surface area contributed by atoms with E-state index in [0.29, 0.717) is 29.5 Å². The normalized spacial score (nSPS) is 24.9. The van der Waals surface area contributed by atoms with Crippen LogP contribution < -0.4 is 9.47 Å². The lowest BCUT2D eigenvalue weighted by Crippen LogP contribution is -2.49. The number of hydrogen-bond acceptors (Lipinski definition) is 6. The molecule has 0 spiro atoms. The molecule has 0 radical (unpaired) electrons. The molecule has 3 aliphatic rings. The summed E-state index contributed by atoms with van der Waals surface area (Å²) in [5.41, 5.74) is 3.51. The first-order chi connectivity index (χ1) is 15.6. The highest BCUT2D eigenvalue weighted by Gasteiger charge is 2.40. The Morgan fingerprint density at radius 3 is 2.62 bits per heavy atom. The number of fused-ring (bicyclic) bond motifs is 9. The predicted octanol–water partition coefficient (Wildman–Crippen LogP) is 4.70. The number of ether oxygens (including phenoxy) is 3. The van der Waals surface area contributed by atoms with Crippen molar-refractivity contribution in [1.29, 1.82) is 0 Å². The number of rotatable bonds is 2. The van der Waals surface area contributed by atoms with Crippen LogP contribution in [0.15, 0.2) is 36.4 Å². The number of aromatic hydroxyl groups is 1. The van der Waals surface area contributed by atoms with Crippen LogP contribution >= 0.6 is 0 Å². The van der Waals surface area contributed by atoms with Crippen molar-refractivity contribution in [3.63, 3.8) is 0 Å². The van der Waals surface area contributed by atoms with E-state index in [-0.39, 0.29) is 23.9 Å². The average Bonchev–Trinajstić information content (AvgIpc) is 2.81. The van der Waals surface area contributed by atoms with E-state index in [2.05, 4.69) is 4.90 Å². The maximum Gasteiger partial charge on any atom is 0.331 e. The monoisotopic (exact) mass is 435 g/mol. The van der Waals surface area contributed by atoms with Gasteiger partial charge in [0.05, 0.1) is 14.2 Å². The highest BCUT2D eigenvalue weighted by atomic mass is 16.5. The molecule has 3 atom stereocenters. The summed E-state index contributed by atoms with van der Waals surface area (Å²) >= 11 is 0. The molecule has 2 aromatic carbocycles. The van der Waals surface area contributed by atoms with Crippen LogP contribution in [0.5, 0.6) is 17.2 Å². The van der Waals surface area contributed by atoms with E-state index in [1.165, 1.54) is 12.5 Å². The number of hydrogen-bond donors (Lipinski definition) is 1. The highest BCUT2D eigenvalue weighted by molar-refractivity contribution is 5.88. The Morgan fingerprint density at radius 2 is 1.81 bits per heavy atom. The quantitative estimate of drug-likeness (QED) is 0.690. The highest BCUT2D eigenvalue weighted by Crippen LogP contribution is 2.47. The number of esters is 1. The molecule has 2 saturated heterocycles. The van der Waals surface area contributed by atoms with Gasteiger partial charge >= 0.3 is 5.97 Å². The molecule has 0 aromatic heterocycles. The van der Waals surface area contributed by atoms with E-state index >= 15 is 0 Å². The minimum Gasteiger partial charge on any atom is -0.507 e. The summed E-state index contributed by atoms with van der Waals surface area (Å²) in [6, 6.07) is 9.76. The van der Waals surface area contributed by atoms with Gasteiger partial charge in [0.1, 0.15) is 11.9 Å². The van der Waals surface area contributed by atoms with Crippen molar-refractivity contribution < 1.29 is 24.1 Å².